The van der Waals surface area contributed by atoms with Crippen molar-refractivity contribution < 1.29 is 19.4 Å². The lowest BCUT2D eigenvalue weighted by Crippen LogP contribution is -2.63. The standard InChI is InChI=1S/C14H26N2O4/c1-6-20-11-7-10(14(11,3)4)15-13(19)16(5)8-9(2)12(17)18/h9-11H,6-8H2,1-5H3,(H,15,19)(H,17,18). The van der Waals surface area contributed by atoms with E-state index in [9.17, 15) is 9.59 Å². The lowest BCUT2D eigenvalue weighted by atomic mass is 9.64. The molecule has 0 bridgehead atoms. The quantitative estimate of drug-likeness (QED) is 0.776. The second-order valence-corrected chi connectivity index (χ2v) is 6.12. The van der Waals surface area contributed by atoms with E-state index in [1.807, 2.05) is 6.92 Å². The van der Waals surface area contributed by atoms with E-state index in [4.69, 9.17) is 9.84 Å². The van der Waals surface area contributed by atoms with Crippen molar-refractivity contribution in [2.45, 2.75) is 46.3 Å². The predicted molar refractivity (Wildman–Crippen MR) is 75.6 cm³/mol. The SMILES string of the molecule is CCOC1CC(NC(=O)N(C)CC(C)C(=O)O)C1(C)C. The van der Waals surface area contributed by atoms with Gasteiger partial charge in [-0.15, -0.1) is 0 Å². The smallest absolute Gasteiger partial charge is 0.317 e. The molecule has 116 valence electrons. The van der Waals surface area contributed by atoms with E-state index in [0.717, 1.165) is 6.42 Å². The highest BCUT2D eigenvalue weighted by Crippen LogP contribution is 2.42. The van der Waals surface area contributed by atoms with E-state index >= 15 is 0 Å². The van der Waals surface area contributed by atoms with Crippen LogP contribution in [0.3, 0.4) is 0 Å². The highest BCUT2D eigenvalue weighted by molar-refractivity contribution is 5.76. The highest BCUT2D eigenvalue weighted by Gasteiger charge is 2.49. The molecule has 3 atom stereocenters. The average molecular weight is 286 g/mol. The molecule has 3 unspecified atom stereocenters. The van der Waals surface area contributed by atoms with Gasteiger partial charge in [0.05, 0.1) is 12.0 Å². The molecule has 1 fully saturated rings. The van der Waals surface area contributed by atoms with Gasteiger partial charge in [0.15, 0.2) is 0 Å². The van der Waals surface area contributed by atoms with Crippen molar-refractivity contribution in [2.24, 2.45) is 11.3 Å². The third-order valence-corrected chi connectivity index (χ3v) is 4.16. The Morgan fingerprint density at radius 3 is 2.55 bits per heavy atom. The molecule has 20 heavy (non-hydrogen) atoms. The maximum atomic E-state index is 12.0. The molecule has 1 aliphatic rings. The predicted octanol–water partition coefficient (Wildman–Crippen LogP) is 1.55. The molecular formula is C14H26N2O4. The Bertz CT molecular complexity index is 370. The van der Waals surface area contributed by atoms with Crippen LogP contribution in [-0.2, 0) is 9.53 Å². The number of carboxylic acid groups (broad SMARTS) is 1. The normalized spacial score (nSPS) is 25.4. The molecular weight excluding hydrogens is 260 g/mol. The Labute approximate surface area is 120 Å². The van der Waals surface area contributed by atoms with Gasteiger partial charge in [-0.3, -0.25) is 4.79 Å². The van der Waals surface area contributed by atoms with Gasteiger partial charge >= 0.3 is 12.0 Å². The average Bonchev–Trinajstić information content (AvgIpc) is 2.36. The first-order valence-corrected chi connectivity index (χ1v) is 7.06. The van der Waals surface area contributed by atoms with Crippen LogP contribution in [0.1, 0.15) is 34.1 Å². The van der Waals surface area contributed by atoms with Crippen molar-refractivity contribution in [1.82, 2.24) is 10.2 Å². The molecule has 0 saturated heterocycles. The van der Waals surface area contributed by atoms with Crippen LogP contribution in [0.4, 0.5) is 4.79 Å². The van der Waals surface area contributed by atoms with Crippen molar-refractivity contribution in [2.75, 3.05) is 20.2 Å². The Hall–Kier alpha value is -1.30. The summed E-state index contributed by atoms with van der Waals surface area (Å²) in [6.07, 6.45) is 0.968. The van der Waals surface area contributed by atoms with Gasteiger partial charge in [0.25, 0.3) is 0 Å². The summed E-state index contributed by atoms with van der Waals surface area (Å²) in [5.74, 6) is -1.47. The Kier molecular flexibility index (Phi) is 5.39. The molecule has 0 aromatic carbocycles. The van der Waals surface area contributed by atoms with Gasteiger partial charge in [0, 0.05) is 31.7 Å². The van der Waals surface area contributed by atoms with Crippen LogP contribution in [-0.4, -0.2) is 54.4 Å². The summed E-state index contributed by atoms with van der Waals surface area (Å²) in [7, 11) is 1.61. The topological polar surface area (TPSA) is 78.9 Å². The van der Waals surface area contributed by atoms with Crippen LogP contribution < -0.4 is 5.32 Å². The zero-order valence-electron chi connectivity index (χ0n) is 13.0. The minimum Gasteiger partial charge on any atom is -0.481 e. The van der Waals surface area contributed by atoms with Gasteiger partial charge in [0.2, 0.25) is 0 Å². The van der Waals surface area contributed by atoms with Crippen LogP contribution in [0.2, 0.25) is 0 Å². The number of ether oxygens (including phenoxy) is 1. The van der Waals surface area contributed by atoms with Gasteiger partial charge in [-0.2, -0.15) is 0 Å². The molecule has 0 aromatic rings. The number of amides is 2. The van der Waals surface area contributed by atoms with E-state index in [-0.39, 0.29) is 30.1 Å². The Morgan fingerprint density at radius 1 is 1.50 bits per heavy atom. The van der Waals surface area contributed by atoms with E-state index in [0.29, 0.717) is 6.61 Å². The van der Waals surface area contributed by atoms with Gasteiger partial charge in [-0.1, -0.05) is 20.8 Å². The summed E-state index contributed by atoms with van der Waals surface area (Å²) in [6.45, 7) is 8.56. The molecule has 0 aromatic heterocycles. The van der Waals surface area contributed by atoms with Crippen molar-refractivity contribution in [1.29, 1.82) is 0 Å². The van der Waals surface area contributed by atoms with Gasteiger partial charge in [-0.05, 0) is 13.3 Å². The molecule has 0 spiro atoms. The van der Waals surface area contributed by atoms with Crippen LogP contribution in [0.25, 0.3) is 0 Å². The second kappa shape index (κ2) is 6.43. The van der Waals surface area contributed by atoms with Crippen molar-refractivity contribution in [3.63, 3.8) is 0 Å². The molecule has 1 saturated carbocycles. The number of hydrogen-bond acceptors (Lipinski definition) is 3. The molecule has 2 N–H and O–H groups in total. The number of nitrogens with zero attached hydrogens (tertiary/aromatic N) is 1. The molecule has 2 amide bonds. The van der Waals surface area contributed by atoms with E-state index in [1.165, 1.54) is 4.90 Å². The number of rotatable bonds is 6. The maximum absolute atomic E-state index is 12.0. The first-order valence-electron chi connectivity index (χ1n) is 7.06. The fourth-order valence-corrected chi connectivity index (χ4v) is 2.45. The van der Waals surface area contributed by atoms with E-state index in [1.54, 1.807) is 14.0 Å². The maximum Gasteiger partial charge on any atom is 0.317 e. The van der Waals surface area contributed by atoms with Crippen molar-refractivity contribution in [3.8, 4) is 0 Å². The second-order valence-electron chi connectivity index (χ2n) is 6.12. The van der Waals surface area contributed by atoms with Gasteiger partial charge in [0.1, 0.15) is 0 Å². The zero-order chi connectivity index (χ0) is 15.5. The Morgan fingerprint density at radius 2 is 2.10 bits per heavy atom. The number of urea groups is 1. The molecule has 0 radical (unpaired) electrons. The summed E-state index contributed by atoms with van der Waals surface area (Å²) in [5.41, 5.74) is -0.0923. The minimum absolute atomic E-state index is 0.0640. The number of carbonyl (C=O) groups is 2. The molecule has 6 nitrogen and oxygen atoms in total. The molecule has 0 aliphatic heterocycles. The monoisotopic (exact) mass is 286 g/mol. The minimum atomic E-state index is -0.898. The summed E-state index contributed by atoms with van der Waals surface area (Å²) in [5, 5.41) is 11.8. The van der Waals surface area contributed by atoms with Gasteiger partial charge < -0.3 is 20.1 Å². The van der Waals surface area contributed by atoms with Crippen LogP contribution in [0.15, 0.2) is 0 Å². The summed E-state index contributed by atoms with van der Waals surface area (Å²) < 4.78 is 5.62. The fraction of sp³-hybridized carbons (Fsp3) is 0.857. The molecule has 1 rings (SSSR count). The van der Waals surface area contributed by atoms with E-state index in [2.05, 4.69) is 19.2 Å². The van der Waals surface area contributed by atoms with Crippen molar-refractivity contribution in [3.05, 3.63) is 0 Å². The van der Waals surface area contributed by atoms with Gasteiger partial charge in [-0.25, -0.2) is 4.79 Å². The number of aliphatic carboxylic acids is 1. The number of nitrogens with one attached hydrogen (secondary N) is 1. The number of carboxylic acids is 1. The third-order valence-electron chi connectivity index (χ3n) is 4.16. The van der Waals surface area contributed by atoms with Crippen LogP contribution in [0, 0.1) is 11.3 Å². The lowest BCUT2D eigenvalue weighted by molar-refractivity contribution is -0.141. The molecule has 0 heterocycles. The first kappa shape index (κ1) is 16.8. The zero-order valence-corrected chi connectivity index (χ0v) is 13.0. The number of carbonyl (C=O) groups excluding carboxylic acids is 1. The fourth-order valence-electron chi connectivity index (χ4n) is 2.45. The van der Waals surface area contributed by atoms with Crippen molar-refractivity contribution >= 4 is 12.0 Å². The van der Waals surface area contributed by atoms with E-state index < -0.39 is 11.9 Å². The third kappa shape index (κ3) is 3.62. The highest BCUT2D eigenvalue weighted by atomic mass is 16.5. The number of hydrogen-bond donors (Lipinski definition) is 2. The molecule has 6 heteroatoms. The lowest BCUT2D eigenvalue weighted by Gasteiger charge is -2.51. The van der Waals surface area contributed by atoms with Crippen LogP contribution in [0.5, 0.6) is 0 Å². The summed E-state index contributed by atoms with van der Waals surface area (Å²) in [6, 6.07) is -0.166. The summed E-state index contributed by atoms with van der Waals surface area (Å²) in [4.78, 5) is 24.2. The van der Waals surface area contributed by atoms with Crippen LogP contribution >= 0.6 is 0 Å². The first-order chi connectivity index (χ1) is 9.20. The summed E-state index contributed by atoms with van der Waals surface area (Å²) >= 11 is 0. The Balaban J connectivity index is 2.46. The molecule has 1 aliphatic carbocycles. The largest absolute Gasteiger partial charge is 0.481 e.